The van der Waals surface area contributed by atoms with E-state index in [1.54, 1.807) is 71.9 Å². The van der Waals surface area contributed by atoms with E-state index in [9.17, 15) is 37.2 Å². The van der Waals surface area contributed by atoms with Gasteiger partial charge in [-0.25, -0.2) is 13.2 Å². The fraction of sp³-hybridized carbons (Fsp3) is 0.548. The van der Waals surface area contributed by atoms with Crippen LogP contribution in [0.4, 0.5) is 4.79 Å². The number of carbonyl (C=O) groups is 6. The van der Waals surface area contributed by atoms with Crippen LogP contribution < -0.4 is 21.3 Å². The predicted octanol–water partition coefficient (Wildman–Crippen LogP) is 1.41. The van der Waals surface area contributed by atoms with Crippen LogP contribution in [0.5, 0.6) is 0 Å². The molecule has 0 aliphatic carbocycles. The Morgan fingerprint density at radius 1 is 0.809 bits per heavy atom. The summed E-state index contributed by atoms with van der Waals surface area (Å²) < 4.78 is 38.8. The standard InChI is InChI=1S/C31H46N4O11S/c1-30(2,3)45-26(38)14-13-23(35-25(37)19-33-29(41)44-20-21-11-9-8-10-12-21)28(40)32-18-24(36)34-22(15-16-47(7,42)43)17-27(39)46-31(4,5)6/h8-12,15-16,22-23H,13-14,17-20H2,1-7H3,(H,32,40)(H,33,41)(H,34,36)(H,35,37)/b16-15+/t22-,23+/m1/s1. The Kier molecular flexibility index (Phi) is 16.1. The molecule has 0 aliphatic heterocycles. The SMILES string of the molecule is CC(C)(C)OC(=O)CC[C@H](NC(=O)CNC(=O)OCc1ccccc1)C(=O)NCC(=O)N[C@H](/C=C/S(C)(=O)=O)CC(=O)OC(C)(C)C. The summed E-state index contributed by atoms with van der Waals surface area (Å²) in [6, 6.07) is 6.46. The maximum atomic E-state index is 13.0. The molecular formula is C31H46N4O11S. The van der Waals surface area contributed by atoms with E-state index in [1.165, 1.54) is 0 Å². The minimum absolute atomic E-state index is 0.0278. The number of carbonyl (C=O) groups excluding carboxylic acids is 6. The molecule has 0 unspecified atom stereocenters. The van der Waals surface area contributed by atoms with Crippen LogP contribution in [0.25, 0.3) is 0 Å². The van der Waals surface area contributed by atoms with Gasteiger partial charge in [-0.1, -0.05) is 36.4 Å². The van der Waals surface area contributed by atoms with E-state index in [0.29, 0.717) is 0 Å². The molecule has 16 heteroatoms. The first-order chi connectivity index (χ1) is 21.6. The first-order valence-electron chi connectivity index (χ1n) is 14.7. The van der Waals surface area contributed by atoms with Crippen molar-refractivity contribution >= 4 is 45.6 Å². The van der Waals surface area contributed by atoms with Gasteiger partial charge in [-0.3, -0.25) is 24.0 Å². The molecule has 15 nitrogen and oxygen atoms in total. The van der Waals surface area contributed by atoms with Crippen molar-refractivity contribution in [1.29, 1.82) is 0 Å². The van der Waals surface area contributed by atoms with E-state index in [-0.39, 0.29) is 19.4 Å². The lowest BCUT2D eigenvalue weighted by molar-refractivity contribution is -0.156. The second-order valence-electron chi connectivity index (χ2n) is 12.5. The molecule has 0 radical (unpaired) electrons. The molecule has 2 atom stereocenters. The molecule has 0 aliphatic rings. The molecule has 4 N–H and O–H groups in total. The van der Waals surface area contributed by atoms with Crippen molar-refractivity contribution in [3.05, 3.63) is 47.4 Å². The number of ether oxygens (including phenoxy) is 3. The first-order valence-corrected chi connectivity index (χ1v) is 16.7. The van der Waals surface area contributed by atoms with Gasteiger partial charge in [0.05, 0.1) is 19.0 Å². The van der Waals surface area contributed by atoms with Crippen LogP contribution in [0, 0.1) is 0 Å². The van der Waals surface area contributed by atoms with Gasteiger partial charge in [0.25, 0.3) is 0 Å². The van der Waals surface area contributed by atoms with Crippen molar-refractivity contribution in [3.8, 4) is 0 Å². The van der Waals surface area contributed by atoms with E-state index in [1.807, 2.05) is 0 Å². The van der Waals surface area contributed by atoms with Crippen molar-refractivity contribution in [2.45, 2.75) is 90.7 Å². The normalized spacial score (nSPS) is 13.1. The van der Waals surface area contributed by atoms with Crippen molar-refractivity contribution in [2.24, 2.45) is 0 Å². The Morgan fingerprint density at radius 3 is 1.94 bits per heavy atom. The largest absolute Gasteiger partial charge is 0.460 e. The number of amides is 4. The van der Waals surface area contributed by atoms with Gasteiger partial charge in [0.15, 0.2) is 9.84 Å². The zero-order valence-corrected chi connectivity index (χ0v) is 28.7. The number of benzene rings is 1. The average molecular weight is 683 g/mol. The number of hydrogen-bond acceptors (Lipinski definition) is 11. The number of rotatable bonds is 16. The fourth-order valence-electron chi connectivity index (χ4n) is 3.61. The maximum absolute atomic E-state index is 13.0. The lowest BCUT2D eigenvalue weighted by atomic mass is 10.1. The molecule has 1 aromatic rings. The third kappa shape index (κ3) is 21.0. The van der Waals surface area contributed by atoms with Gasteiger partial charge in [0.1, 0.15) is 30.4 Å². The molecular weight excluding hydrogens is 636 g/mol. The van der Waals surface area contributed by atoms with Gasteiger partial charge in [0, 0.05) is 18.1 Å². The summed E-state index contributed by atoms with van der Waals surface area (Å²) in [4.78, 5) is 74.9. The van der Waals surface area contributed by atoms with Crippen molar-refractivity contribution in [2.75, 3.05) is 19.3 Å². The van der Waals surface area contributed by atoms with Gasteiger partial charge in [0.2, 0.25) is 17.7 Å². The van der Waals surface area contributed by atoms with Gasteiger partial charge in [-0.15, -0.1) is 0 Å². The lowest BCUT2D eigenvalue weighted by Gasteiger charge is -2.22. The Balaban J connectivity index is 2.85. The van der Waals surface area contributed by atoms with Crippen LogP contribution in [0.1, 0.15) is 66.4 Å². The number of esters is 2. The second-order valence-corrected chi connectivity index (χ2v) is 14.4. The molecule has 1 rings (SSSR count). The number of sulfone groups is 1. The summed E-state index contributed by atoms with van der Waals surface area (Å²) in [5.41, 5.74) is -0.879. The molecule has 4 amide bonds. The molecule has 262 valence electrons. The van der Waals surface area contributed by atoms with Crippen molar-refractivity contribution in [3.63, 3.8) is 0 Å². The number of alkyl carbamates (subject to hydrolysis) is 1. The summed E-state index contributed by atoms with van der Waals surface area (Å²) in [5, 5.41) is 10.3. The van der Waals surface area contributed by atoms with Crippen LogP contribution >= 0.6 is 0 Å². The van der Waals surface area contributed by atoms with Gasteiger partial charge >= 0.3 is 18.0 Å². The molecule has 1 aromatic carbocycles. The monoisotopic (exact) mass is 682 g/mol. The molecule has 0 bridgehead atoms. The number of nitrogens with one attached hydrogen (secondary N) is 4. The van der Waals surface area contributed by atoms with E-state index >= 15 is 0 Å². The van der Waals surface area contributed by atoms with E-state index in [0.717, 1.165) is 23.3 Å². The molecule has 0 saturated carbocycles. The second kappa shape index (κ2) is 18.6. The first kappa shape index (κ1) is 40.6. The summed E-state index contributed by atoms with van der Waals surface area (Å²) in [6.07, 6.45) is 0.318. The average Bonchev–Trinajstić information content (AvgIpc) is 2.92. The third-order valence-corrected chi connectivity index (χ3v) is 6.10. The van der Waals surface area contributed by atoms with Gasteiger partial charge < -0.3 is 35.5 Å². The summed E-state index contributed by atoms with van der Waals surface area (Å²) in [7, 11) is -3.59. The highest BCUT2D eigenvalue weighted by atomic mass is 32.2. The predicted molar refractivity (Wildman–Crippen MR) is 171 cm³/mol. The number of hydrogen-bond donors (Lipinski definition) is 4. The molecule has 0 aromatic heterocycles. The molecule has 0 spiro atoms. The minimum Gasteiger partial charge on any atom is -0.460 e. The smallest absolute Gasteiger partial charge is 0.407 e. The Hall–Kier alpha value is -4.47. The Morgan fingerprint density at radius 2 is 1.36 bits per heavy atom. The molecule has 0 fully saturated rings. The topological polar surface area (TPSA) is 212 Å². The van der Waals surface area contributed by atoms with Crippen LogP contribution in [-0.2, 0) is 54.6 Å². The van der Waals surface area contributed by atoms with E-state index in [4.69, 9.17) is 14.2 Å². The summed E-state index contributed by atoms with van der Waals surface area (Å²) >= 11 is 0. The van der Waals surface area contributed by atoms with Crippen LogP contribution in [0.2, 0.25) is 0 Å². The lowest BCUT2D eigenvalue weighted by Crippen LogP contribution is -2.51. The van der Waals surface area contributed by atoms with Crippen LogP contribution in [0.15, 0.2) is 41.8 Å². The zero-order chi connectivity index (χ0) is 35.8. The van der Waals surface area contributed by atoms with Crippen molar-refractivity contribution < 1.29 is 51.4 Å². The highest BCUT2D eigenvalue weighted by Crippen LogP contribution is 2.11. The molecule has 0 heterocycles. The zero-order valence-electron chi connectivity index (χ0n) is 27.8. The summed E-state index contributed by atoms with van der Waals surface area (Å²) in [5.74, 6) is -3.73. The van der Waals surface area contributed by atoms with Crippen LogP contribution in [0.3, 0.4) is 0 Å². The highest BCUT2D eigenvalue weighted by molar-refractivity contribution is 7.93. The van der Waals surface area contributed by atoms with E-state index < -0.39 is 88.4 Å². The highest BCUT2D eigenvalue weighted by Gasteiger charge is 2.26. The van der Waals surface area contributed by atoms with Crippen molar-refractivity contribution in [1.82, 2.24) is 21.3 Å². The maximum Gasteiger partial charge on any atom is 0.407 e. The molecule has 0 saturated heterocycles. The minimum atomic E-state index is -3.59. The Labute approximate surface area is 275 Å². The Bertz CT molecular complexity index is 1380. The van der Waals surface area contributed by atoms with E-state index in [2.05, 4.69) is 21.3 Å². The molecule has 47 heavy (non-hydrogen) atoms. The quantitative estimate of drug-likeness (QED) is 0.145. The third-order valence-electron chi connectivity index (χ3n) is 5.45. The summed E-state index contributed by atoms with van der Waals surface area (Å²) in [6.45, 7) is 8.73. The van der Waals surface area contributed by atoms with Gasteiger partial charge in [-0.05, 0) is 53.5 Å². The van der Waals surface area contributed by atoms with Crippen LogP contribution in [-0.4, -0.2) is 86.8 Å². The fourth-order valence-corrected chi connectivity index (χ4v) is 4.09. The van der Waals surface area contributed by atoms with Gasteiger partial charge in [-0.2, -0.15) is 0 Å².